The molecular formula is C16H16N2S2. The third kappa shape index (κ3) is 2.82. The molecule has 0 saturated carbocycles. The average molecular weight is 300 g/mol. The Morgan fingerprint density at radius 1 is 1.15 bits per heavy atom. The molecule has 0 spiro atoms. The first-order valence-electron chi connectivity index (χ1n) is 6.52. The normalized spacial score (nSPS) is 12.5. The Labute approximate surface area is 126 Å². The fourth-order valence-electron chi connectivity index (χ4n) is 2.15. The molecule has 1 unspecified atom stereocenters. The highest BCUT2D eigenvalue weighted by atomic mass is 32.1. The maximum absolute atomic E-state index is 6.25. The van der Waals surface area contributed by atoms with Crippen LogP contribution in [0.4, 0.5) is 0 Å². The topological polar surface area (TPSA) is 38.9 Å². The van der Waals surface area contributed by atoms with Crippen LogP contribution in [0, 0.1) is 6.92 Å². The SMILES string of the molecule is Cc1cscc1-c1nc(CC(N)c2ccccc2)cs1. The minimum atomic E-state index is 0.00900. The quantitative estimate of drug-likeness (QED) is 0.774. The minimum Gasteiger partial charge on any atom is -0.324 e. The van der Waals surface area contributed by atoms with E-state index in [4.69, 9.17) is 10.7 Å². The summed E-state index contributed by atoms with van der Waals surface area (Å²) in [7, 11) is 0. The average Bonchev–Trinajstić information content (AvgIpc) is 3.08. The summed E-state index contributed by atoms with van der Waals surface area (Å²) < 4.78 is 0. The van der Waals surface area contributed by atoms with Crippen molar-refractivity contribution in [1.82, 2.24) is 4.98 Å². The van der Waals surface area contributed by atoms with Crippen LogP contribution in [0.25, 0.3) is 10.6 Å². The van der Waals surface area contributed by atoms with Crippen LogP contribution in [-0.2, 0) is 6.42 Å². The van der Waals surface area contributed by atoms with Crippen LogP contribution in [0.3, 0.4) is 0 Å². The molecule has 0 fully saturated rings. The fraction of sp³-hybridized carbons (Fsp3) is 0.188. The molecule has 0 saturated heterocycles. The standard InChI is InChI=1S/C16H16N2S2/c1-11-8-19-10-14(11)16-18-13(9-20-16)7-15(17)12-5-3-2-4-6-12/h2-6,8-10,15H,7,17H2,1H3. The van der Waals surface area contributed by atoms with Crippen molar-refractivity contribution in [3.8, 4) is 10.6 Å². The summed E-state index contributed by atoms with van der Waals surface area (Å²) in [5.74, 6) is 0. The van der Waals surface area contributed by atoms with Gasteiger partial charge in [0.15, 0.2) is 0 Å². The molecule has 1 atom stereocenters. The minimum absolute atomic E-state index is 0.00900. The van der Waals surface area contributed by atoms with E-state index in [9.17, 15) is 0 Å². The summed E-state index contributed by atoms with van der Waals surface area (Å²) in [6.07, 6.45) is 0.781. The molecule has 0 aliphatic heterocycles. The van der Waals surface area contributed by atoms with Gasteiger partial charge >= 0.3 is 0 Å². The zero-order chi connectivity index (χ0) is 13.9. The molecule has 2 N–H and O–H groups in total. The number of nitrogens with two attached hydrogens (primary N) is 1. The molecule has 0 amide bonds. The Bertz CT molecular complexity index is 685. The largest absolute Gasteiger partial charge is 0.324 e. The second-order valence-corrected chi connectivity index (χ2v) is 6.44. The number of hydrogen-bond acceptors (Lipinski definition) is 4. The van der Waals surface area contributed by atoms with E-state index in [0.29, 0.717) is 0 Å². The number of benzene rings is 1. The second kappa shape index (κ2) is 5.87. The van der Waals surface area contributed by atoms with Gasteiger partial charge in [-0.05, 0) is 23.4 Å². The van der Waals surface area contributed by atoms with Gasteiger partial charge in [0.25, 0.3) is 0 Å². The molecule has 1 aromatic carbocycles. The van der Waals surface area contributed by atoms with E-state index in [1.54, 1.807) is 22.7 Å². The van der Waals surface area contributed by atoms with E-state index in [0.717, 1.165) is 22.7 Å². The molecule has 4 heteroatoms. The number of aromatic nitrogens is 1. The lowest BCUT2D eigenvalue weighted by molar-refractivity contribution is 0.710. The number of rotatable bonds is 4. The van der Waals surface area contributed by atoms with Crippen LogP contribution >= 0.6 is 22.7 Å². The summed E-state index contributed by atoms with van der Waals surface area (Å²) in [6.45, 7) is 2.13. The van der Waals surface area contributed by atoms with Crippen LogP contribution in [-0.4, -0.2) is 4.98 Å². The van der Waals surface area contributed by atoms with Gasteiger partial charge in [0.05, 0.1) is 5.69 Å². The predicted octanol–water partition coefficient (Wildman–Crippen LogP) is 4.42. The van der Waals surface area contributed by atoms with E-state index < -0.39 is 0 Å². The number of hydrogen-bond donors (Lipinski definition) is 1. The Morgan fingerprint density at radius 3 is 2.65 bits per heavy atom. The van der Waals surface area contributed by atoms with Crippen molar-refractivity contribution in [2.45, 2.75) is 19.4 Å². The van der Waals surface area contributed by atoms with Crippen molar-refractivity contribution < 1.29 is 0 Å². The van der Waals surface area contributed by atoms with Gasteiger partial charge in [0.2, 0.25) is 0 Å². The van der Waals surface area contributed by atoms with Crippen LogP contribution in [0.2, 0.25) is 0 Å². The van der Waals surface area contributed by atoms with Gasteiger partial charge in [-0.3, -0.25) is 0 Å². The third-order valence-electron chi connectivity index (χ3n) is 3.29. The molecule has 3 rings (SSSR count). The second-order valence-electron chi connectivity index (χ2n) is 4.83. The van der Waals surface area contributed by atoms with Crippen LogP contribution in [0.5, 0.6) is 0 Å². The van der Waals surface area contributed by atoms with Crippen molar-refractivity contribution in [2.24, 2.45) is 5.73 Å². The summed E-state index contributed by atoms with van der Waals surface area (Å²) in [5.41, 5.74) is 11.0. The molecule has 3 aromatic rings. The summed E-state index contributed by atoms with van der Waals surface area (Å²) in [5, 5.41) is 7.54. The van der Waals surface area contributed by atoms with Gasteiger partial charge in [-0.1, -0.05) is 30.3 Å². The summed E-state index contributed by atoms with van der Waals surface area (Å²) in [6, 6.07) is 10.2. The van der Waals surface area contributed by atoms with Gasteiger partial charge < -0.3 is 5.73 Å². The van der Waals surface area contributed by atoms with Gasteiger partial charge in [-0.15, -0.1) is 11.3 Å². The lowest BCUT2D eigenvalue weighted by Gasteiger charge is -2.09. The first-order chi connectivity index (χ1) is 9.74. The van der Waals surface area contributed by atoms with Crippen molar-refractivity contribution in [1.29, 1.82) is 0 Å². The zero-order valence-corrected chi connectivity index (χ0v) is 12.9. The number of thiazole rings is 1. The Hall–Kier alpha value is -1.49. The molecule has 0 aliphatic carbocycles. The smallest absolute Gasteiger partial charge is 0.124 e. The fourth-order valence-corrected chi connectivity index (χ4v) is 3.97. The lowest BCUT2D eigenvalue weighted by atomic mass is 10.0. The molecule has 0 bridgehead atoms. The van der Waals surface area contributed by atoms with E-state index >= 15 is 0 Å². The highest BCUT2D eigenvalue weighted by Crippen LogP contribution is 2.30. The van der Waals surface area contributed by atoms with E-state index in [2.05, 4.69) is 35.2 Å². The molecule has 2 nitrogen and oxygen atoms in total. The highest BCUT2D eigenvalue weighted by molar-refractivity contribution is 7.14. The molecule has 0 radical (unpaired) electrons. The Morgan fingerprint density at radius 2 is 1.95 bits per heavy atom. The maximum atomic E-state index is 6.25. The van der Waals surface area contributed by atoms with Crippen molar-refractivity contribution in [3.05, 3.63) is 63.3 Å². The Balaban J connectivity index is 1.77. The van der Waals surface area contributed by atoms with E-state index in [1.807, 2.05) is 18.2 Å². The van der Waals surface area contributed by atoms with Gasteiger partial charge in [0, 0.05) is 28.8 Å². The zero-order valence-electron chi connectivity index (χ0n) is 11.2. The number of thiophene rings is 1. The molecule has 0 aliphatic rings. The Kier molecular flexibility index (Phi) is 3.96. The summed E-state index contributed by atoms with van der Waals surface area (Å²) in [4.78, 5) is 4.72. The molecular weight excluding hydrogens is 284 g/mol. The maximum Gasteiger partial charge on any atom is 0.124 e. The monoisotopic (exact) mass is 300 g/mol. The molecule has 2 heterocycles. The number of aryl methyl sites for hydroxylation is 1. The molecule has 20 heavy (non-hydrogen) atoms. The van der Waals surface area contributed by atoms with Crippen LogP contribution in [0.1, 0.15) is 22.9 Å². The van der Waals surface area contributed by atoms with E-state index in [-0.39, 0.29) is 6.04 Å². The van der Waals surface area contributed by atoms with Gasteiger partial charge in [0.1, 0.15) is 5.01 Å². The van der Waals surface area contributed by atoms with Crippen molar-refractivity contribution in [2.75, 3.05) is 0 Å². The summed E-state index contributed by atoms with van der Waals surface area (Å²) >= 11 is 3.42. The third-order valence-corrected chi connectivity index (χ3v) is 5.08. The first-order valence-corrected chi connectivity index (χ1v) is 8.34. The van der Waals surface area contributed by atoms with Gasteiger partial charge in [-0.25, -0.2) is 4.98 Å². The highest BCUT2D eigenvalue weighted by Gasteiger charge is 2.12. The van der Waals surface area contributed by atoms with Crippen LogP contribution in [0.15, 0.2) is 46.5 Å². The predicted molar refractivity (Wildman–Crippen MR) is 87.2 cm³/mol. The number of nitrogens with zero attached hydrogens (tertiary/aromatic N) is 1. The van der Waals surface area contributed by atoms with Crippen molar-refractivity contribution in [3.63, 3.8) is 0 Å². The molecule has 102 valence electrons. The van der Waals surface area contributed by atoms with E-state index in [1.165, 1.54) is 11.1 Å². The first kappa shape index (κ1) is 13.5. The molecule has 2 aromatic heterocycles. The van der Waals surface area contributed by atoms with Crippen LogP contribution < -0.4 is 5.73 Å². The lowest BCUT2D eigenvalue weighted by Crippen LogP contribution is -2.13. The van der Waals surface area contributed by atoms with Gasteiger partial charge in [-0.2, -0.15) is 11.3 Å². The van der Waals surface area contributed by atoms with Crippen molar-refractivity contribution >= 4 is 22.7 Å².